The topological polar surface area (TPSA) is 49.3 Å². The number of aliphatic carboxylic acids is 1. The van der Waals surface area contributed by atoms with Crippen LogP contribution in [0.1, 0.15) is 19.4 Å². The van der Waals surface area contributed by atoms with E-state index in [0.717, 1.165) is 12.1 Å². The Labute approximate surface area is 98.5 Å². The maximum absolute atomic E-state index is 12.9. The summed E-state index contributed by atoms with van der Waals surface area (Å²) in [4.78, 5) is 10.8. The summed E-state index contributed by atoms with van der Waals surface area (Å²) in [6, 6.07) is 3.60. The number of halogens is 2. The number of carbonyl (C=O) groups is 1. The predicted molar refractivity (Wildman–Crippen MR) is 59.5 cm³/mol. The molecule has 0 spiro atoms. The molecule has 0 unspecified atom stereocenters. The maximum atomic E-state index is 12.9. The van der Waals surface area contributed by atoms with E-state index in [2.05, 4.69) is 5.32 Å². The Balaban J connectivity index is 2.51. The Kier molecular flexibility index (Phi) is 4.17. The Morgan fingerprint density at radius 2 is 2.00 bits per heavy atom. The van der Waals surface area contributed by atoms with Crippen LogP contribution in [0.5, 0.6) is 0 Å². The first-order chi connectivity index (χ1) is 7.83. The van der Waals surface area contributed by atoms with Crippen LogP contribution in [0.4, 0.5) is 8.78 Å². The van der Waals surface area contributed by atoms with Crippen LogP contribution in [-0.4, -0.2) is 17.6 Å². The van der Waals surface area contributed by atoms with Gasteiger partial charge < -0.3 is 10.4 Å². The zero-order chi connectivity index (χ0) is 13.1. The monoisotopic (exact) mass is 243 g/mol. The van der Waals surface area contributed by atoms with Crippen molar-refractivity contribution in [1.29, 1.82) is 0 Å². The number of benzene rings is 1. The molecule has 0 saturated heterocycles. The molecule has 3 nitrogen and oxygen atoms in total. The standard InChI is InChI=1S/C12H15F2NO2/c1-12(2,11(16)17)7-15-6-8-3-4-9(13)10(14)5-8/h3-5,15H,6-7H2,1-2H3,(H,16,17). The minimum absolute atomic E-state index is 0.251. The molecule has 1 aromatic rings. The number of hydrogen-bond donors (Lipinski definition) is 2. The summed E-state index contributed by atoms with van der Waals surface area (Å²) in [6.45, 7) is 3.73. The highest BCUT2D eigenvalue weighted by molar-refractivity contribution is 5.73. The van der Waals surface area contributed by atoms with Gasteiger partial charge in [0.25, 0.3) is 0 Å². The molecular formula is C12H15F2NO2. The minimum atomic E-state index is -0.907. The molecule has 17 heavy (non-hydrogen) atoms. The van der Waals surface area contributed by atoms with Crippen LogP contribution in [0.15, 0.2) is 18.2 Å². The summed E-state index contributed by atoms with van der Waals surface area (Å²) in [6.07, 6.45) is 0. The van der Waals surface area contributed by atoms with Gasteiger partial charge in [-0.15, -0.1) is 0 Å². The molecule has 94 valence electrons. The third-order valence-electron chi connectivity index (χ3n) is 2.46. The number of nitrogens with one attached hydrogen (secondary N) is 1. The third-order valence-corrected chi connectivity index (χ3v) is 2.46. The van der Waals surface area contributed by atoms with Crippen molar-refractivity contribution < 1.29 is 18.7 Å². The van der Waals surface area contributed by atoms with Gasteiger partial charge >= 0.3 is 5.97 Å². The second-order valence-corrected chi connectivity index (χ2v) is 4.54. The number of carboxylic acid groups (broad SMARTS) is 1. The molecule has 0 saturated carbocycles. The largest absolute Gasteiger partial charge is 0.481 e. The van der Waals surface area contributed by atoms with Crippen LogP contribution in [-0.2, 0) is 11.3 Å². The molecule has 1 aromatic carbocycles. The molecular weight excluding hydrogens is 228 g/mol. The van der Waals surface area contributed by atoms with Gasteiger partial charge in [0.2, 0.25) is 0 Å². The van der Waals surface area contributed by atoms with Gasteiger partial charge in [0.05, 0.1) is 5.41 Å². The first-order valence-corrected chi connectivity index (χ1v) is 5.21. The zero-order valence-corrected chi connectivity index (χ0v) is 9.76. The van der Waals surface area contributed by atoms with Gasteiger partial charge in [-0.1, -0.05) is 6.07 Å². The van der Waals surface area contributed by atoms with Crippen molar-refractivity contribution in [3.05, 3.63) is 35.4 Å². The lowest BCUT2D eigenvalue weighted by molar-refractivity contribution is -0.146. The van der Waals surface area contributed by atoms with Crippen molar-refractivity contribution in [2.45, 2.75) is 20.4 Å². The first-order valence-electron chi connectivity index (χ1n) is 5.21. The van der Waals surface area contributed by atoms with E-state index in [-0.39, 0.29) is 6.54 Å². The van der Waals surface area contributed by atoms with E-state index in [1.165, 1.54) is 6.07 Å². The van der Waals surface area contributed by atoms with Gasteiger partial charge in [0.1, 0.15) is 0 Å². The Hall–Kier alpha value is -1.49. The fourth-order valence-corrected chi connectivity index (χ4v) is 1.24. The first kappa shape index (κ1) is 13.6. The summed E-state index contributed by atoms with van der Waals surface area (Å²) in [7, 11) is 0. The van der Waals surface area contributed by atoms with Crippen LogP contribution in [0, 0.1) is 17.0 Å². The smallest absolute Gasteiger partial charge is 0.310 e. The van der Waals surface area contributed by atoms with Crippen LogP contribution in [0.25, 0.3) is 0 Å². The molecule has 0 fully saturated rings. The molecule has 5 heteroatoms. The van der Waals surface area contributed by atoms with Crippen LogP contribution >= 0.6 is 0 Å². The number of rotatable bonds is 5. The van der Waals surface area contributed by atoms with Crippen molar-refractivity contribution in [3.8, 4) is 0 Å². The highest BCUT2D eigenvalue weighted by atomic mass is 19.2. The van der Waals surface area contributed by atoms with Crippen molar-refractivity contribution in [2.24, 2.45) is 5.41 Å². The lowest BCUT2D eigenvalue weighted by atomic mass is 9.94. The second-order valence-electron chi connectivity index (χ2n) is 4.54. The number of hydrogen-bond acceptors (Lipinski definition) is 2. The fraction of sp³-hybridized carbons (Fsp3) is 0.417. The fourth-order valence-electron chi connectivity index (χ4n) is 1.24. The van der Waals surface area contributed by atoms with Crippen molar-refractivity contribution in [1.82, 2.24) is 5.32 Å². The molecule has 0 aliphatic carbocycles. The van der Waals surface area contributed by atoms with E-state index in [9.17, 15) is 13.6 Å². The quantitative estimate of drug-likeness (QED) is 0.833. The highest BCUT2D eigenvalue weighted by Crippen LogP contribution is 2.14. The molecule has 0 aliphatic heterocycles. The lowest BCUT2D eigenvalue weighted by Crippen LogP contribution is -2.35. The minimum Gasteiger partial charge on any atom is -0.481 e. The average Bonchev–Trinajstić information content (AvgIpc) is 2.23. The van der Waals surface area contributed by atoms with Crippen molar-refractivity contribution in [2.75, 3.05) is 6.54 Å². The SMILES string of the molecule is CC(C)(CNCc1ccc(F)c(F)c1)C(=O)O. The van der Waals surface area contributed by atoms with E-state index in [0.29, 0.717) is 12.1 Å². The van der Waals surface area contributed by atoms with Gasteiger partial charge in [-0.2, -0.15) is 0 Å². The van der Waals surface area contributed by atoms with Gasteiger partial charge in [0.15, 0.2) is 11.6 Å². The van der Waals surface area contributed by atoms with Gasteiger partial charge in [-0.25, -0.2) is 8.78 Å². The molecule has 0 bridgehead atoms. The Morgan fingerprint density at radius 1 is 1.35 bits per heavy atom. The van der Waals surface area contributed by atoms with Gasteiger partial charge in [-0.05, 0) is 31.5 Å². The third kappa shape index (κ3) is 3.78. The molecule has 0 aromatic heterocycles. The predicted octanol–water partition coefficient (Wildman–Crippen LogP) is 2.17. The molecule has 0 radical (unpaired) electrons. The van der Waals surface area contributed by atoms with Crippen LogP contribution in [0.3, 0.4) is 0 Å². The lowest BCUT2D eigenvalue weighted by Gasteiger charge is -2.19. The molecule has 0 aliphatic rings. The summed E-state index contributed by atoms with van der Waals surface area (Å²) in [5.41, 5.74) is -0.316. The van der Waals surface area contributed by atoms with E-state index in [1.54, 1.807) is 13.8 Å². The second kappa shape index (κ2) is 5.23. The van der Waals surface area contributed by atoms with Crippen molar-refractivity contribution in [3.63, 3.8) is 0 Å². The normalized spacial score (nSPS) is 11.5. The molecule has 0 atom stereocenters. The average molecular weight is 243 g/mol. The van der Waals surface area contributed by atoms with Crippen LogP contribution < -0.4 is 5.32 Å². The molecule has 2 N–H and O–H groups in total. The number of carboxylic acids is 1. The highest BCUT2D eigenvalue weighted by Gasteiger charge is 2.26. The summed E-state index contributed by atoms with van der Waals surface area (Å²) >= 11 is 0. The van der Waals surface area contributed by atoms with E-state index in [4.69, 9.17) is 5.11 Å². The molecule has 0 amide bonds. The van der Waals surface area contributed by atoms with E-state index in [1.807, 2.05) is 0 Å². The summed E-state index contributed by atoms with van der Waals surface area (Å²) < 4.78 is 25.5. The zero-order valence-electron chi connectivity index (χ0n) is 9.76. The van der Waals surface area contributed by atoms with Gasteiger partial charge in [0, 0.05) is 13.1 Å². The van der Waals surface area contributed by atoms with Crippen molar-refractivity contribution >= 4 is 5.97 Å². The Morgan fingerprint density at radius 3 is 2.53 bits per heavy atom. The molecule has 0 heterocycles. The maximum Gasteiger partial charge on any atom is 0.310 e. The van der Waals surface area contributed by atoms with Crippen LogP contribution in [0.2, 0.25) is 0 Å². The van der Waals surface area contributed by atoms with E-state index >= 15 is 0 Å². The van der Waals surface area contributed by atoms with E-state index < -0.39 is 23.0 Å². The Bertz CT molecular complexity index is 419. The van der Waals surface area contributed by atoms with Gasteiger partial charge in [-0.3, -0.25) is 4.79 Å². The summed E-state index contributed by atoms with van der Waals surface area (Å²) in [5.74, 6) is -2.70. The summed E-state index contributed by atoms with van der Waals surface area (Å²) in [5, 5.41) is 11.8. The molecule has 1 rings (SSSR count).